The molecule has 0 aliphatic carbocycles. The van der Waals surface area contributed by atoms with Crippen molar-refractivity contribution in [3.8, 4) is 11.5 Å². The van der Waals surface area contributed by atoms with Gasteiger partial charge in [-0.25, -0.2) is 14.4 Å². The van der Waals surface area contributed by atoms with E-state index in [1.165, 1.54) is 12.1 Å². The second-order valence-corrected chi connectivity index (χ2v) is 10.1. The number of ether oxygens (including phenoxy) is 7. The molecular formula is C28H43NO11. The Bertz CT molecular complexity index is 973. The molecule has 1 aromatic carbocycles. The standard InChI is InChI=1S/C28H43NO11/c1-8-10-14-34-25(31)38-22-13-12-20(17-23(22)39-26(32)35-15-11-9-2)16-21(29)24(30)36-18(3)19(4)37-27(33)40-28(5,6)7/h12-13,17-19,21H,8-11,14-16,29H2,1-7H3/t18-,19-,21-/m0/s1. The summed E-state index contributed by atoms with van der Waals surface area (Å²) in [5.41, 5.74) is 5.81. The van der Waals surface area contributed by atoms with Crippen molar-refractivity contribution in [2.24, 2.45) is 5.73 Å². The van der Waals surface area contributed by atoms with E-state index < -0.39 is 48.3 Å². The average molecular weight is 570 g/mol. The Morgan fingerprint density at radius 3 is 1.85 bits per heavy atom. The molecule has 0 saturated carbocycles. The van der Waals surface area contributed by atoms with Gasteiger partial charge in [0.2, 0.25) is 0 Å². The quantitative estimate of drug-likeness (QED) is 0.131. The third kappa shape index (κ3) is 14.0. The normalized spacial score (nSPS) is 13.3. The first-order chi connectivity index (χ1) is 18.7. The first-order valence-corrected chi connectivity index (χ1v) is 13.4. The number of hydrogen-bond acceptors (Lipinski definition) is 12. The van der Waals surface area contributed by atoms with Crippen LogP contribution in [-0.2, 0) is 34.9 Å². The minimum atomic E-state index is -1.11. The zero-order chi connectivity index (χ0) is 30.3. The topological polar surface area (TPSA) is 159 Å². The van der Waals surface area contributed by atoms with E-state index in [-0.39, 0.29) is 31.1 Å². The lowest BCUT2D eigenvalue weighted by molar-refractivity contribution is -0.156. The van der Waals surface area contributed by atoms with Crippen LogP contribution in [0.15, 0.2) is 18.2 Å². The van der Waals surface area contributed by atoms with Gasteiger partial charge >= 0.3 is 24.4 Å². The summed E-state index contributed by atoms with van der Waals surface area (Å²) in [7, 11) is 0. The van der Waals surface area contributed by atoms with E-state index in [0.717, 1.165) is 12.8 Å². The predicted octanol–water partition coefficient (Wildman–Crippen LogP) is 5.46. The van der Waals surface area contributed by atoms with E-state index in [4.69, 9.17) is 38.9 Å². The van der Waals surface area contributed by atoms with Crippen LogP contribution in [0.2, 0.25) is 0 Å². The molecule has 0 unspecified atom stereocenters. The van der Waals surface area contributed by atoms with Gasteiger partial charge in [-0.15, -0.1) is 0 Å². The molecule has 226 valence electrons. The van der Waals surface area contributed by atoms with Gasteiger partial charge in [-0.2, -0.15) is 0 Å². The zero-order valence-corrected chi connectivity index (χ0v) is 24.5. The summed E-state index contributed by atoms with van der Waals surface area (Å²) in [6.07, 6.45) is -1.46. The molecule has 0 fully saturated rings. The van der Waals surface area contributed by atoms with Crippen LogP contribution in [0.25, 0.3) is 0 Å². The molecule has 0 heterocycles. The molecule has 0 amide bonds. The second kappa shape index (κ2) is 17.2. The van der Waals surface area contributed by atoms with Crippen molar-refractivity contribution in [1.82, 2.24) is 0 Å². The smallest absolute Gasteiger partial charge is 0.458 e. The summed E-state index contributed by atoms with van der Waals surface area (Å²) in [5, 5.41) is 0. The highest BCUT2D eigenvalue weighted by Crippen LogP contribution is 2.30. The van der Waals surface area contributed by atoms with E-state index in [1.807, 2.05) is 13.8 Å². The molecule has 12 heteroatoms. The number of hydrogen-bond donors (Lipinski definition) is 1. The lowest BCUT2D eigenvalue weighted by Gasteiger charge is -2.24. The van der Waals surface area contributed by atoms with Crippen molar-refractivity contribution in [2.75, 3.05) is 13.2 Å². The molecule has 0 radical (unpaired) electrons. The Kier molecular flexibility index (Phi) is 14.8. The molecular weight excluding hydrogens is 526 g/mol. The average Bonchev–Trinajstić information content (AvgIpc) is 2.84. The number of nitrogens with two attached hydrogens (primary N) is 1. The van der Waals surface area contributed by atoms with E-state index in [0.29, 0.717) is 18.4 Å². The first kappa shape index (κ1) is 34.5. The minimum Gasteiger partial charge on any atom is -0.458 e. The minimum absolute atomic E-state index is 0.00464. The highest BCUT2D eigenvalue weighted by molar-refractivity contribution is 5.76. The Morgan fingerprint density at radius 1 is 0.800 bits per heavy atom. The predicted molar refractivity (Wildman–Crippen MR) is 144 cm³/mol. The van der Waals surface area contributed by atoms with E-state index in [2.05, 4.69) is 0 Å². The maximum atomic E-state index is 12.6. The molecule has 1 rings (SSSR count). The van der Waals surface area contributed by atoms with Crippen molar-refractivity contribution in [2.45, 2.75) is 104 Å². The number of benzene rings is 1. The fraction of sp³-hybridized carbons (Fsp3) is 0.643. The fourth-order valence-corrected chi connectivity index (χ4v) is 2.91. The number of esters is 1. The Balaban J connectivity index is 2.88. The Hall–Kier alpha value is -3.54. The highest BCUT2D eigenvalue weighted by Gasteiger charge is 2.27. The fourth-order valence-electron chi connectivity index (χ4n) is 2.91. The van der Waals surface area contributed by atoms with Gasteiger partial charge < -0.3 is 38.9 Å². The molecule has 1 aromatic rings. The SMILES string of the molecule is CCCCOC(=O)Oc1ccc(C[C@H](N)C(=O)O[C@@H](C)[C@H](C)OC(=O)OC(C)(C)C)cc1OC(=O)OCCCC. The van der Waals surface area contributed by atoms with Gasteiger partial charge in [0.1, 0.15) is 23.9 Å². The van der Waals surface area contributed by atoms with Crippen LogP contribution in [0.4, 0.5) is 14.4 Å². The molecule has 12 nitrogen and oxygen atoms in total. The summed E-state index contributed by atoms with van der Waals surface area (Å²) >= 11 is 0. The van der Waals surface area contributed by atoms with Crippen molar-refractivity contribution in [1.29, 1.82) is 0 Å². The highest BCUT2D eigenvalue weighted by atomic mass is 16.8. The lowest BCUT2D eigenvalue weighted by Crippen LogP contribution is -2.40. The van der Waals surface area contributed by atoms with Gasteiger partial charge in [-0.1, -0.05) is 32.8 Å². The number of carbonyl (C=O) groups is 4. The molecule has 40 heavy (non-hydrogen) atoms. The first-order valence-electron chi connectivity index (χ1n) is 13.4. The second-order valence-electron chi connectivity index (χ2n) is 10.1. The van der Waals surface area contributed by atoms with Gasteiger partial charge in [0, 0.05) is 0 Å². The van der Waals surface area contributed by atoms with Crippen molar-refractivity contribution < 1.29 is 52.3 Å². The summed E-state index contributed by atoms with van der Waals surface area (Å²) in [6, 6.07) is 3.24. The van der Waals surface area contributed by atoms with Crippen LogP contribution in [0.3, 0.4) is 0 Å². The van der Waals surface area contributed by atoms with Gasteiger partial charge in [-0.3, -0.25) is 4.79 Å². The van der Waals surface area contributed by atoms with E-state index in [9.17, 15) is 19.2 Å². The van der Waals surface area contributed by atoms with Crippen molar-refractivity contribution in [3.05, 3.63) is 23.8 Å². The molecule has 0 spiro atoms. The molecule has 0 bridgehead atoms. The van der Waals surface area contributed by atoms with Crippen molar-refractivity contribution >= 4 is 24.4 Å². The molecule has 2 N–H and O–H groups in total. The van der Waals surface area contributed by atoms with Gasteiger partial charge in [-0.05, 0) is 71.6 Å². The van der Waals surface area contributed by atoms with Crippen LogP contribution in [0.5, 0.6) is 11.5 Å². The van der Waals surface area contributed by atoms with Crippen LogP contribution in [0.1, 0.15) is 79.7 Å². The maximum Gasteiger partial charge on any atom is 0.513 e. The molecule has 3 atom stereocenters. The van der Waals surface area contributed by atoms with Gasteiger partial charge in [0.15, 0.2) is 11.5 Å². The molecule has 0 saturated heterocycles. The maximum absolute atomic E-state index is 12.6. The van der Waals surface area contributed by atoms with E-state index in [1.54, 1.807) is 40.7 Å². The van der Waals surface area contributed by atoms with Crippen LogP contribution >= 0.6 is 0 Å². The van der Waals surface area contributed by atoms with Gasteiger partial charge in [0.25, 0.3) is 0 Å². The van der Waals surface area contributed by atoms with Crippen LogP contribution in [0, 0.1) is 0 Å². The molecule has 0 aliphatic heterocycles. The third-order valence-corrected chi connectivity index (χ3v) is 5.22. The number of rotatable bonds is 14. The van der Waals surface area contributed by atoms with Gasteiger partial charge in [0.05, 0.1) is 13.2 Å². The summed E-state index contributed by atoms with van der Waals surface area (Å²) in [6.45, 7) is 12.4. The largest absolute Gasteiger partial charge is 0.513 e. The molecule has 0 aromatic heterocycles. The van der Waals surface area contributed by atoms with Crippen molar-refractivity contribution in [3.63, 3.8) is 0 Å². The Labute approximate surface area is 235 Å². The molecule has 0 aliphatic rings. The zero-order valence-electron chi connectivity index (χ0n) is 24.5. The Morgan fingerprint density at radius 2 is 1.32 bits per heavy atom. The third-order valence-electron chi connectivity index (χ3n) is 5.22. The van der Waals surface area contributed by atoms with Crippen LogP contribution < -0.4 is 15.2 Å². The summed E-state index contributed by atoms with van der Waals surface area (Å²) in [5.74, 6) is -0.927. The summed E-state index contributed by atoms with van der Waals surface area (Å²) in [4.78, 5) is 48.7. The monoisotopic (exact) mass is 569 g/mol. The lowest BCUT2D eigenvalue weighted by atomic mass is 10.1. The van der Waals surface area contributed by atoms with E-state index >= 15 is 0 Å². The summed E-state index contributed by atoms with van der Waals surface area (Å²) < 4.78 is 36.1. The van der Waals surface area contributed by atoms with Crippen LogP contribution in [-0.4, -0.2) is 61.5 Å². The number of unbranched alkanes of at least 4 members (excludes halogenated alkanes) is 2. The number of carbonyl (C=O) groups excluding carboxylic acids is 4.